The number of hydrogen-bond donors (Lipinski definition) is 3. The molecule has 1 aliphatic heterocycles. The molecule has 1 fully saturated rings. The van der Waals surface area contributed by atoms with Crippen molar-refractivity contribution < 1.29 is 13.2 Å². The number of guanidine groups is 1. The summed E-state index contributed by atoms with van der Waals surface area (Å²) >= 11 is 0. The van der Waals surface area contributed by atoms with Crippen LogP contribution in [0.2, 0.25) is 0 Å². The Labute approximate surface area is 184 Å². The smallest absolute Gasteiger partial charge is 0.238 e. The highest BCUT2D eigenvalue weighted by atomic mass is 127. The minimum absolute atomic E-state index is 0. The van der Waals surface area contributed by atoms with Crippen molar-refractivity contribution in [2.45, 2.75) is 37.6 Å². The summed E-state index contributed by atoms with van der Waals surface area (Å²) in [5.74, 6) is 1.35. The third kappa shape index (κ3) is 7.55. The number of aliphatic imine (C=N–C) groups is 1. The van der Waals surface area contributed by atoms with Gasteiger partial charge in [0.2, 0.25) is 15.9 Å². The van der Waals surface area contributed by atoms with Crippen LogP contribution in [0.25, 0.3) is 0 Å². The van der Waals surface area contributed by atoms with Gasteiger partial charge in [-0.05, 0) is 43.4 Å². The molecule has 1 aromatic carbocycles. The van der Waals surface area contributed by atoms with E-state index in [0.717, 1.165) is 44.0 Å². The van der Waals surface area contributed by atoms with E-state index in [1.165, 1.54) is 12.1 Å². The summed E-state index contributed by atoms with van der Waals surface area (Å²) in [6.45, 7) is 4.96. The maximum Gasteiger partial charge on any atom is 0.238 e. The van der Waals surface area contributed by atoms with Crippen molar-refractivity contribution in [1.82, 2.24) is 15.5 Å². The molecule has 0 saturated carbocycles. The molecule has 0 bridgehead atoms. The highest BCUT2D eigenvalue weighted by molar-refractivity contribution is 14.0. The van der Waals surface area contributed by atoms with E-state index in [-0.39, 0.29) is 34.8 Å². The fourth-order valence-corrected chi connectivity index (χ4v) is 3.61. The summed E-state index contributed by atoms with van der Waals surface area (Å²) in [6, 6.07) is 6.44. The van der Waals surface area contributed by atoms with Crippen LogP contribution in [-0.4, -0.2) is 51.9 Å². The Hall–Kier alpha value is -1.40. The third-order valence-corrected chi connectivity index (χ3v) is 5.59. The quantitative estimate of drug-likeness (QED) is 0.295. The van der Waals surface area contributed by atoms with Crippen LogP contribution < -0.4 is 15.8 Å². The summed E-state index contributed by atoms with van der Waals surface area (Å²) in [6.07, 6.45) is 2.50. The summed E-state index contributed by atoms with van der Waals surface area (Å²) in [7, 11) is -2.01. The van der Waals surface area contributed by atoms with Crippen LogP contribution in [0, 0.1) is 5.92 Å². The van der Waals surface area contributed by atoms with Crippen LogP contribution in [0.3, 0.4) is 0 Å². The number of benzene rings is 1. The molecule has 0 aliphatic carbocycles. The van der Waals surface area contributed by atoms with E-state index in [0.29, 0.717) is 18.9 Å². The van der Waals surface area contributed by atoms with Crippen molar-refractivity contribution in [2.75, 3.05) is 26.7 Å². The van der Waals surface area contributed by atoms with E-state index in [2.05, 4.69) is 20.5 Å². The van der Waals surface area contributed by atoms with Crippen molar-refractivity contribution in [3.8, 4) is 0 Å². The molecular formula is C18H30IN5O3S. The number of carbonyl (C=O) groups is 1. The van der Waals surface area contributed by atoms with Gasteiger partial charge in [0, 0.05) is 33.1 Å². The van der Waals surface area contributed by atoms with E-state index in [1.807, 2.05) is 6.92 Å². The van der Waals surface area contributed by atoms with E-state index < -0.39 is 10.0 Å². The van der Waals surface area contributed by atoms with Crippen molar-refractivity contribution >= 4 is 45.9 Å². The first kappa shape index (κ1) is 24.6. The van der Waals surface area contributed by atoms with Crippen LogP contribution >= 0.6 is 24.0 Å². The normalized spacial score (nSPS) is 15.7. The van der Waals surface area contributed by atoms with Gasteiger partial charge < -0.3 is 15.5 Å². The molecule has 1 amide bonds. The lowest BCUT2D eigenvalue weighted by Gasteiger charge is -2.34. The predicted octanol–water partition coefficient (Wildman–Crippen LogP) is 1.27. The molecule has 0 spiro atoms. The molecular weight excluding hydrogens is 493 g/mol. The van der Waals surface area contributed by atoms with Crippen LogP contribution in [0.4, 0.5) is 0 Å². The van der Waals surface area contributed by atoms with Gasteiger partial charge in [-0.3, -0.25) is 4.79 Å². The van der Waals surface area contributed by atoms with Crippen LogP contribution in [0.15, 0.2) is 34.2 Å². The van der Waals surface area contributed by atoms with Crippen LogP contribution in [0.5, 0.6) is 0 Å². The number of carbonyl (C=O) groups excluding carboxylic acids is 1. The second kappa shape index (κ2) is 11.6. The van der Waals surface area contributed by atoms with Gasteiger partial charge in [-0.25, -0.2) is 18.5 Å². The zero-order valence-electron chi connectivity index (χ0n) is 16.3. The molecule has 8 nitrogen and oxygen atoms in total. The number of halogens is 1. The molecule has 158 valence electrons. The standard InChI is InChI=1S/C18H29N5O3S.HI/c1-3-21-18(23-10-8-14(9-11-23)12-17(24)20-2)22-13-15-4-6-16(7-5-15)27(19,25)26;/h4-7,14H,3,8-13H2,1-2H3,(H,20,24)(H,21,22)(H2,19,25,26);1H. The average Bonchev–Trinajstić information content (AvgIpc) is 2.65. The number of primary sulfonamides is 1. The van der Waals surface area contributed by atoms with Gasteiger partial charge in [0.05, 0.1) is 11.4 Å². The van der Waals surface area contributed by atoms with Gasteiger partial charge in [0.15, 0.2) is 5.96 Å². The number of amides is 1. The zero-order chi connectivity index (χ0) is 19.9. The number of nitrogens with zero attached hydrogens (tertiary/aromatic N) is 2. The SMILES string of the molecule is CCNC(=NCc1ccc(S(N)(=O)=O)cc1)N1CCC(CC(=O)NC)CC1.I. The number of nitrogens with one attached hydrogen (secondary N) is 2. The maximum atomic E-state index is 11.5. The zero-order valence-corrected chi connectivity index (χ0v) is 19.5. The number of likely N-dealkylation sites (tertiary alicyclic amines) is 1. The van der Waals surface area contributed by atoms with Crippen molar-refractivity contribution in [3.63, 3.8) is 0 Å². The van der Waals surface area contributed by atoms with Crippen molar-refractivity contribution in [1.29, 1.82) is 0 Å². The molecule has 0 radical (unpaired) electrons. The highest BCUT2D eigenvalue weighted by Gasteiger charge is 2.23. The Balaban J connectivity index is 0.00000392. The number of sulfonamides is 1. The highest BCUT2D eigenvalue weighted by Crippen LogP contribution is 2.20. The topological polar surface area (TPSA) is 117 Å². The minimum Gasteiger partial charge on any atom is -0.359 e. The minimum atomic E-state index is -3.68. The second-order valence-corrected chi connectivity index (χ2v) is 8.23. The monoisotopic (exact) mass is 523 g/mol. The van der Waals surface area contributed by atoms with E-state index in [4.69, 9.17) is 5.14 Å². The fourth-order valence-electron chi connectivity index (χ4n) is 3.09. The Bertz CT molecular complexity index is 760. The summed E-state index contributed by atoms with van der Waals surface area (Å²) in [4.78, 5) is 18.5. The molecule has 1 saturated heterocycles. The van der Waals surface area contributed by atoms with Crippen LogP contribution in [0.1, 0.15) is 31.7 Å². The van der Waals surface area contributed by atoms with Gasteiger partial charge >= 0.3 is 0 Å². The largest absolute Gasteiger partial charge is 0.359 e. The van der Waals surface area contributed by atoms with Gasteiger partial charge in [0.1, 0.15) is 0 Å². The van der Waals surface area contributed by atoms with Crippen molar-refractivity contribution in [2.24, 2.45) is 16.0 Å². The average molecular weight is 523 g/mol. The Morgan fingerprint density at radius 3 is 2.36 bits per heavy atom. The molecule has 0 unspecified atom stereocenters. The molecule has 28 heavy (non-hydrogen) atoms. The maximum absolute atomic E-state index is 11.5. The van der Waals surface area contributed by atoms with Crippen molar-refractivity contribution in [3.05, 3.63) is 29.8 Å². The molecule has 0 atom stereocenters. The number of nitrogens with two attached hydrogens (primary N) is 1. The molecule has 1 aromatic rings. The molecule has 0 aromatic heterocycles. The van der Waals surface area contributed by atoms with Gasteiger partial charge in [0.25, 0.3) is 0 Å². The Morgan fingerprint density at radius 1 is 1.25 bits per heavy atom. The summed E-state index contributed by atoms with van der Waals surface area (Å²) in [5.41, 5.74) is 0.910. The summed E-state index contributed by atoms with van der Waals surface area (Å²) < 4.78 is 22.6. The third-order valence-electron chi connectivity index (χ3n) is 4.67. The van der Waals surface area contributed by atoms with Gasteiger partial charge in [-0.15, -0.1) is 24.0 Å². The van der Waals surface area contributed by atoms with Gasteiger partial charge in [-0.2, -0.15) is 0 Å². The molecule has 2 rings (SSSR count). The molecule has 1 heterocycles. The van der Waals surface area contributed by atoms with E-state index in [1.54, 1.807) is 19.2 Å². The number of piperidine rings is 1. The fraction of sp³-hybridized carbons (Fsp3) is 0.556. The number of rotatable bonds is 6. The summed E-state index contributed by atoms with van der Waals surface area (Å²) in [5, 5.41) is 11.1. The Kier molecular flexibility index (Phi) is 10.2. The predicted molar refractivity (Wildman–Crippen MR) is 121 cm³/mol. The molecule has 10 heteroatoms. The lowest BCUT2D eigenvalue weighted by molar-refractivity contribution is -0.121. The lowest BCUT2D eigenvalue weighted by Crippen LogP contribution is -2.46. The van der Waals surface area contributed by atoms with E-state index >= 15 is 0 Å². The molecule has 1 aliphatic rings. The van der Waals surface area contributed by atoms with E-state index in [9.17, 15) is 13.2 Å². The van der Waals surface area contributed by atoms with Gasteiger partial charge in [-0.1, -0.05) is 12.1 Å². The Morgan fingerprint density at radius 2 is 1.86 bits per heavy atom. The second-order valence-electron chi connectivity index (χ2n) is 6.67. The first-order valence-corrected chi connectivity index (χ1v) is 10.7. The van der Waals surface area contributed by atoms with Crippen LogP contribution in [-0.2, 0) is 21.4 Å². The number of hydrogen-bond acceptors (Lipinski definition) is 4. The molecule has 4 N–H and O–H groups in total. The first-order valence-electron chi connectivity index (χ1n) is 9.19. The first-order chi connectivity index (χ1) is 12.8. The lowest BCUT2D eigenvalue weighted by atomic mass is 9.93.